The topological polar surface area (TPSA) is 119 Å². The number of carbonyl (C=O) groups excluding carboxylic acids is 1. The van der Waals surface area contributed by atoms with E-state index in [0.29, 0.717) is 24.0 Å². The third-order valence-corrected chi connectivity index (χ3v) is 6.01. The molecule has 1 aromatic carbocycles. The average molecular weight is 448 g/mol. The number of aromatic hydroxyl groups is 2. The molecule has 1 aliphatic carbocycles. The van der Waals surface area contributed by atoms with Crippen molar-refractivity contribution in [1.82, 2.24) is 0 Å². The first-order valence-electron chi connectivity index (χ1n) is 10.8. The number of unbranched alkanes of at least 4 members (excludes halogenated alkanes) is 1. The molecule has 8 heteroatoms. The smallest absolute Gasteiger partial charge is 0.315 e. The number of hydrogen-bond acceptors (Lipinski definition) is 7. The zero-order chi connectivity index (χ0) is 24.1. The van der Waals surface area contributed by atoms with Crippen LogP contribution in [0.15, 0.2) is 35.9 Å². The van der Waals surface area contributed by atoms with Crippen molar-refractivity contribution >= 4 is 5.97 Å². The lowest BCUT2D eigenvalue weighted by Crippen LogP contribution is -2.33. The molecule has 0 heterocycles. The molecular formula is C24H33NO7. The van der Waals surface area contributed by atoms with Gasteiger partial charge in [-0.3, -0.25) is 4.79 Å². The summed E-state index contributed by atoms with van der Waals surface area (Å²) in [6.07, 6.45) is 4.72. The molecule has 1 aromatic rings. The van der Waals surface area contributed by atoms with Crippen molar-refractivity contribution in [2.24, 2.45) is 5.92 Å². The Bertz CT molecular complexity index is 904. The maximum Gasteiger partial charge on any atom is 0.315 e. The van der Waals surface area contributed by atoms with E-state index in [-0.39, 0.29) is 36.5 Å². The highest BCUT2D eigenvalue weighted by Gasteiger charge is 2.39. The highest BCUT2D eigenvalue weighted by molar-refractivity contribution is 5.83. The van der Waals surface area contributed by atoms with Gasteiger partial charge in [0, 0.05) is 17.5 Å². The fourth-order valence-corrected chi connectivity index (χ4v) is 4.20. The Kier molecular flexibility index (Phi) is 8.30. The fourth-order valence-electron chi connectivity index (χ4n) is 4.20. The zero-order valence-electron chi connectivity index (χ0n) is 19.2. The van der Waals surface area contributed by atoms with Crippen LogP contribution in [0.1, 0.15) is 70.4 Å². The first kappa shape index (κ1) is 25.2. The van der Waals surface area contributed by atoms with E-state index in [1.165, 1.54) is 17.7 Å². The van der Waals surface area contributed by atoms with E-state index >= 15 is 0 Å². The van der Waals surface area contributed by atoms with Crippen molar-refractivity contribution in [3.8, 4) is 11.5 Å². The molecular weight excluding hydrogens is 414 g/mol. The molecule has 176 valence electrons. The van der Waals surface area contributed by atoms with Crippen LogP contribution in [0.3, 0.4) is 0 Å². The van der Waals surface area contributed by atoms with Crippen molar-refractivity contribution < 1.29 is 29.7 Å². The van der Waals surface area contributed by atoms with Crippen LogP contribution in [0.25, 0.3) is 0 Å². The summed E-state index contributed by atoms with van der Waals surface area (Å²) in [6, 6.07) is 2.80. The minimum Gasteiger partial charge on any atom is -0.508 e. The van der Waals surface area contributed by atoms with Gasteiger partial charge in [-0.1, -0.05) is 23.8 Å². The lowest BCUT2D eigenvalue weighted by atomic mass is 9.69. The van der Waals surface area contributed by atoms with Gasteiger partial charge in [0.25, 0.3) is 5.09 Å². The van der Waals surface area contributed by atoms with Crippen LogP contribution in [0.2, 0.25) is 0 Å². The van der Waals surface area contributed by atoms with Crippen molar-refractivity contribution in [3.63, 3.8) is 0 Å². The van der Waals surface area contributed by atoms with Gasteiger partial charge in [0.2, 0.25) is 0 Å². The number of benzene rings is 1. The van der Waals surface area contributed by atoms with Crippen molar-refractivity contribution in [3.05, 3.63) is 57.2 Å². The minimum absolute atomic E-state index is 0.0613. The van der Waals surface area contributed by atoms with Gasteiger partial charge in [0.15, 0.2) is 0 Å². The number of esters is 1. The Morgan fingerprint density at radius 1 is 1.28 bits per heavy atom. The van der Waals surface area contributed by atoms with Crippen molar-refractivity contribution in [2.45, 2.75) is 64.7 Å². The second kappa shape index (κ2) is 10.5. The lowest BCUT2D eigenvalue weighted by Gasteiger charge is -2.35. The van der Waals surface area contributed by atoms with Crippen LogP contribution >= 0.6 is 0 Å². The zero-order valence-corrected chi connectivity index (χ0v) is 19.2. The Labute approximate surface area is 188 Å². The molecule has 0 unspecified atom stereocenters. The fraction of sp³-hybridized carbons (Fsp3) is 0.542. The third kappa shape index (κ3) is 6.02. The second-order valence-electron chi connectivity index (χ2n) is 8.98. The van der Waals surface area contributed by atoms with Gasteiger partial charge in [-0.25, -0.2) is 0 Å². The van der Waals surface area contributed by atoms with Crippen LogP contribution in [0, 0.1) is 16.0 Å². The largest absolute Gasteiger partial charge is 0.508 e. The van der Waals surface area contributed by atoms with Gasteiger partial charge in [-0.2, -0.15) is 0 Å². The summed E-state index contributed by atoms with van der Waals surface area (Å²) in [6.45, 7) is 11.5. The van der Waals surface area contributed by atoms with Gasteiger partial charge < -0.3 is 19.8 Å². The van der Waals surface area contributed by atoms with E-state index in [9.17, 15) is 25.1 Å². The summed E-state index contributed by atoms with van der Waals surface area (Å²) in [5, 5.41) is 30.3. The summed E-state index contributed by atoms with van der Waals surface area (Å²) in [5.74, 6) is -0.797. The van der Waals surface area contributed by atoms with Crippen LogP contribution < -0.4 is 0 Å². The SMILES string of the molecule is C=C(C)[C@H]1CCC(C)=C[C@@H]1c1c(O)cc(O)cc1C(C)(C)C(=O)OCCCCO[N+](=O)[O-]. The molecule has 0 spiro atoms. The summed E-state index contributed by atoms with van der Waals surface area (Å²) < 4.78 is 5.43. The number of phenols is 2. The van der Waals surface area contributed by atoms with E-state index < -0.39 is 16.5 Å². The maximum absolute atomic E-state index is 13.0. The summed E-state index contributed by atoms with van der Waals surface area (Å²) >= 11 is 0. The van der Waals surface area contributed by atoms with Crippen molar-refractivity contribution in [1.29, 1.82) is 0 Å². The van der Waals surface area contributed by atoms with E-state index in [1.54, 1.807) is 13.8 Å². The molecule has 0 bridgehead atoms. The predicted molar refractivity (Wildman–Crippen MR) is 120 cm³/mol. The molecule has 1 aliphatic rings. The maximum atomic E-state index is 13.0. The van der Waals surface area contributed by atoms with Gasteiger partial charge >= 0.3 is 5.97 Å². The van der Waals surface area contributed by atoms with E-state index in [4.69, 9.17) is 4.74 Å². The first-order chi connectivity index (χ1) is 14.9. The third-order valence-electron chi connectivity index (χ3n) is 6.01. The van der Waals surface area contributed by atoms with Gasteiger partial charge in [-0.15, -0.1) is 10.1 Å². The quantitative estimate of drug-likeness (QED) is 0.172. The van der Waals surface area contributed by atoms with Crippen LogP contribution in [0.4, 0.5) is 0 Å². The van der Waals surface area contributed by atoms with Crippen molar-refractivity contribution in [2.75, 3.05) is 13.2 Å². The molecule has 0 fully saturated rings. The highest BCUT2D eigenvalue weighted by Crippen LogP contribution is 2.47. The van der Waals surface area contributed by atoms with Crippen LogP contribution in [-0.2, 0) is 19.8 Å². The second-order valence-corrected chi connectivity index (χ2v) is 8.98. The number of hydrogen-bond donors (Lipinski definition) is 2. The minimum atomic E-state index is -1.15. The standard InChI is InChI=1S/C24H33NO7/c1-15(2)18-9-8-16(3)12-19(18)22-20(13-17(26)14-21(22)27)24(4,5)23(28)31-10-6-7-11-32-25(29)30/h12-14,18-19,26-27H,1,6-11H2,2-5H3/t18-,19+/m1/s1. The Balaban J connectivity index is 2.31. The van der Waals surface area contributed by atoms with Crippen LogP contribution in [0.5, 0.6) is 11.5 Å². The molecule has 2 rings (SSSR count). The Hall–Kier alpha value is -3.03. The Morgan fingerprint density at radius 2 is 1.94 bits per heavy atom. The average Bonchev–Trinajstić information content (AvgIpc) is 2.69. The number of allylic oxidation sites excluding steroid dienone is 3. The molecule has 2 atom stereocenters. The lowest BCUT2D eigenvalue weighted by molar-refractivity contribution is -0.757. The van der Waals surface area contributed by atoms with Gasteiger partial charge in [-0.05, 0) is 70.9 Å². The molecule has 0 saturated heterocycles. The monoisotopic (exact) mass is 447 g/mol. The highest BCUT2D eigenvalue weighted by atomic mass is 16.9. The van der Waals surface area contributed by atoms with Crippen LogP contribution in [-0.4, -0.2) is 34.5 Å². The molecule has 0 amide bonds. The molecule has 0 aliphatic heterocycles. The molecule has 32 heavy (non-hydrogen) atoms. The number of carbonyl (C=O) groups is 1. The number of nitrogens with zero attached hydrogens (tertiary/aromatic N) is 1. The van der Waals surface area contributed by atoms with E-state index in [2.05, 4.69) is 17.5 Å². The molecule has 8 nitrogen and oxygen atoms in total. The summed E-state index contributed by atoms with van der Waals surface area (Å²) in [5.41, 5.74) is 2.13. The number of rotatable bonds is 10. The molecule has 2 N–H and O–H groups in total. The van der Waals surface area contributed by atoms with Gasteiger partial charge in [0.1, 0.15) is 11.5 Å². The summed E-state index contributed by atoms with van der Waals surface area (Å²) in [4.78, 5) is 27.4. The Morgan fingerprint density at radius 3 is 2.56 bits per heavy atom. The molecule has 0 radical (unpaired) electrons. The predicted octanol–water partition coefficient (Wildman–Crippen LogP) is 4.92. The molecule has 0 aromatic heterocycles. The van der Waals surface area contributed by atoms with Gasteiger partial charge in [0.05, 0.1) is 18.6 Å². The summed E-state index contributed by atoms with van der Waals surface area (Å²) in [7, 11) is 0. The number of ether oxygens (including phenoxy) is 1. The van der Waals surface area contributed by atoms with E-state index in [0.717, 1.165) is 18.4 Å². The normalized spacial score (nSPS) is 18.6. The molecule has 0 saturated carbocycles. The first-order valence-corrected chi connectivity index (χ1v) is 10.8. The number of phenolic OH excluding ortho intramolecular Hbond substituents is 2. The van der Waals surface area contributed by atoms with E-state index in [1.807, 2.05) is 13.8 Å².